The topological polar surface area (TPSA) is 75.7 Å². The number of hydrogen-bond acceptors (Lipinski definition) is 4. The van der Waals surface area contributed by atoms with Crippen LogP contribution in [0.25, 0.3) is 10.8 Å². The van der Waals surface area contributed by atoms with Gasteiger partial charge in [0.1, 0.15) is 0 Å². The average molecular weight is 291 g/mol. The summed E-state index contributed by atoms with van der Waals surface area (Å²) in [5.41, 5.74) is 5.66. The van der Waals surface area contributed by atoms with Crippen LogP contribution in [0.2, 0.25) is 0 Å². The molecule has 0 spiro atoms. The largest absolute Gasteiger partial charge is 0.492 e. The van der Waals surface area contributed by atoms with E-state index in [1.165, 1.54) is 13.0 Å². The smallest absolute Gasteiger partial charge is 0.409 e. The molecule has 0 atom stereocenters. The van der Waals surface area contributed by atoms with Crippen molar-refractivity contribution in [2.24, 2.45) is 0 Å². The third-order valence-electron chi connectivity index (χ3n) is 2.64. The van der Waals surface area contributed by atoms with Gasteiger partial charge in [-0.2, -0.15) is 4.39 Å². The second-order valence-electron chi connectivity index (χ2n) is 4.16. The third-order valence-corrected chi connectivity index (χ3v) is 2.64. The van der Waals surface area contributed by atoms with Crippen LogP contribution in [0.15, 0.2) is 12.1 Å². The minimum absolute atomic E-state index is 0.0605. The van der Waals surface area contributed by atoms with Gasteiger partial charge in [0.2, 0.25) is 5.82 Å². The predicted octanol–water partition coefficient (Wildman–Crippen LogP) is 2.09. The minimum atomic E-state index is -4.24. The highest BCUT2D eigenvalue weighted by molar-refractivity contribution is 5.94. The fourth-order valence-electron chi connectivity index (χ4n) is 1.94. The third kappa shape index (κ3) is 2.35. The summed E-state index contributed by atoms with van der Waals surface area (Å²) >= 11 is 0. The van der Waals surface area contributed by atoms with Crippen LogP contribution in [0.5, 0.6) is 5.75 Å². The fourth-order valence-corrected chi connectivity index (χ4v) is 1.94. The zero-order valence-electron chi connectivity index (χ0n) is 10.0. The van der Waals surface area contributed by atoms with Crippen molar-refractivity contribution < 1.29 is 32.5 Å². The molecule has 4 N–H and O–H groups in total. The molecular weight excluding hydrogens is 282 g/mol. The van der Waals surface area contributed by atoms with Gasteiger partial charge in [0.05, 0.1) is 0 Å². The first-order valence-corrected chi connectivity index (χ1v) is 5.30. The Morgan fingerprint density at radius 3 is 2.25 bits per heavy atom. The fraction of sp³-hybridized carbons (Fsp3) is 0.167. The van der Waals surface area contributed by atoms with Crippen molar-refractivity contribution in [3.05, 3.63) is 35.1 Å². The number of benzene rings is 2. The van der Waals surface area contributed by atoms with Gasteiger partial charge in [0.15, 0.2) is 17.4 Å². The van der Waals surface area contributed by atoms with Crippen LogP contribution >= 0.6 is 0 Å². The first kappa shape index (κ1) is 14.4. The van der Waals surface area contributed by atoms with Crippen LogP contribution in [0.1, 0.15) is 5.56 Å². The molecule has 8 heteroatoms. The summed E-state index contributed by atoms with van der Waals surface area (Å²) in [7, 11) is 0. The Bertz CT molecular complexity index is 698. The number of halogens is 4. The molecule has 0 saturated carbocycles. The molecule has 108 valence electrons. The molecule has 0 aliphatic heterocycles. The number of nitrogen functional groups attached to an aromatic ring is 1. The number of ether oxygens (including phenoxy) is 1. The molecule has 0 aliphatic carbocycles. The summed E-state index contributed by atoms with van der Waals surface area (Å²) in [5.74, 6) is -6.53. The van der Waals surface area contributed by atoms with Crippen LogP contribution in [0, 0.1) is 24.4 Å². The second-order valence-corrected chi connectivity index (χ2v) is 4.16. The Hall–Kier alpha value is -2.06. The summed E-state index contributed by atoms with van der Waals surface area (Å²) in [6.07, 6.45) is -4.24. The van der Waals surface area contributed by atoms with Crippen molar-refractivity contribution in [1.29, 1.82) is 0 Å². The van der Waals surface area contributed by atoms with Crippen molar-refractivity contribution in [2.45, 2.75) is 13.2 Å². The van der Waals surface area contributed by atoms with E-state index in [4.69, 9.17) is 15.9 Å². The van der Waals surface area contributed by atoms with Gasteiger partial charge >= 0.3 is 6.23 Å². The molecule has 0 radical (unpaired) electrons. The number of alkyl halides is 1. The molecule has 0 fully saturated rings. The maximum Gasteiger partial charge on any atom is 0.492 e. The van der Waals surface area contributed by atoms with Gasteiger partial charge in [0, 0.05) is 16.5 Å². The lowest BCUT2D eigenvalue weighted by molar-refractivity contribution is -0.375. The van der Waals surface area contributed by atoms with Gasteiger partial charge in [-0.3, -0.25) is 0 Å². The maximum atomic E-state index is 13.7. The van der Waals surface area contributed by atoms with E-state index in [1.54, 1.807) is 0 Å². The van der Waals surface area contributed by atoms with Crippen LogP contribution in [0.3, 0.4) is 0 Å². The molecule has 0 bridgehead atoms. The molecule has 20 heavy (non-hydrogen) atoms. The van der Waals surface area contributed by atoms with Gasteiger partial charge in [-0.1, -0.05) is 0 Å². The number of fused-ring (bicyclic) bond motifs is 1. The Kier molecular flexibility index (Phi) is 3.23. The van der Waals surface area contributed by atoms with E-state index in [0.717, 1.165) is 6.07 Å². The molecule has 2 rings (SSSR count). The Morgan fingerprint density at radius 2 is 1.70 bits per heavy atom. The number of aryl methyl sites for hydroxylation is 1. The zero-order valence-corrected chi connectivity index (χ0v) is 10.0. The molecule has 4 nitrogen and oxygen atoms in total. The van der Waals surface area contributed by atoms with E-state index in [2.05, 4.69) is 4.74 Å². The summed E-state index contributed by atoms with van der Waals surface area (Å²) in [4.78, 5) is 0. The normalized spacial score (nSPS) is 11.9. The Labute approximate surface area is 110 Å². The van der Waals surface area contributed by atoms with Crippen LogP contribution in [0.4, 0.5) is 23.2 Å². The summed E-state index contributed by atoms with van der Waals surface area (Å²) in [6, 6.07) is 2.27. The first-order valence-electron chi connectivity index (χ1n) is 5.30. The van der Waals surface area contributed by atoms with E-state index in [-0.39, 0.29) is 16.6 Å². The molecule has 0 saturated heterocycles. The van der Waals surface area contributed by atoms with Gasteiger partial charge in [-0.15, -0.1) is 4.39 Å². The molecule has 2 aromatic rings. The lowest BCUT2D eigenvalue weighted by Gasteiger charge is -2.18. The van der Waals surface area contributed by atoms with Gasteiger partial charge < -0.3 is 20.7 Å². The van der Waals surface area contributed by atoms with E-state index in [9.17, 15) is 17.6 Å². The highest BCUT2D eigenvalue weighted by Gasteiger charge is 2.31. The van der Waals surface area contributed by atoms with Crippen molar-refractivity contribution in [3.63, 3.8) is 0 Å². The minimum Gasteiger partial charge on any atom is -0.409 e. The highest BCUT2D eigenvalue weighted by atomic mass is 19.2. The monoisotopic (exact) mass is 291 g/mol. The van der Waals surface area contributed by atoms with Gasteiger partial charge in [0.25, 0.3) is 0 Å². The van der Waals surface area contributed by atoms with E-state index >= 15 is 0 Å². The van der Waals surface area contributed by atoms with Gasteiger partial charge in [-0.25, -0.2) is 8.78 Å². The Morgan fingerprint density at radius 1 is 1.10 bits per heavy atom. The lowest BCUT2D eigenvalue weighted by atomic mass is 10.0. The molecule has 0 aromatic heterocycles. The van der Waals surface area contributed by atoms with Crippen molar-refractivity contribution in [3.8, 4) is 5.75 Å². The summed E-state index contributed by atoms with van der Waals surface area (Å²) in [6.45, 7) is 1.36. The number of nitrogens with two attached hydrogens (primary N) is 1. The van der Waals surface area contributed by atoms with E-state index in [1.807, 2.05) is 0 Å². The Balaban J connectivity index is 2.92. The molecule has 0 amide bonds. The van der Waals surface area contributed by atoms with E-state index < -0.39 is 34.8 Å². The lowest BCUT2D eigenvalue weighted by Crippen LogP contribution is -2.30. The number of hydrogen-bond donors (Lipinski definition) is 3. The first-order chi connectivity index (χ1) is 9.11. The second kappa shape index (κ2) is 4.50. The number of rotatable bonds is 2. The van der Waals surface area contributed by atoms with Crippen molar-refractivity contribution in [2.75, 3.05) is 5.73 Å². The standard InChI is InChI=1S/C12H9F4NO3/c1-4-2-5(17)3-6-7(4)11(20-12(16,18)19)10(15)9(14)8(6)13/h2-3,18-19H,17H2,1H3. The summed E-state index contributed by atoms with van der Waals surface area (Å²) < 4.78 is 57.4. The molecule has 0 unspecified atom stereocenters. The molecule has 0 heterocycles. The van der Waals surface area contributed by atoms with Crippen LogP contribution < -0.4 is 10.5 Å². The molecular formula is C12H9F4NO3. The highest BCUT2D eigenvalue weighted by Crippen LogP contribution is 2.38. The van der Waals surface area contributed by atoms with Crippen LogP contribution in [-0.4, -0.2) is 16.4 Å². The summed E-state index contributed by atoms with van der Waals surface area (Å²) in [5, 5.41) is 16.2. The van der Waals surface area contributed by atoms with Crippen molar-refractivity contribution in [1.82, 2.24) is 0 Å². The number of anilines is 1. The zero-order chi connectivity index (χ0) is 15.2. The predicted molar refractivity (Wildman–Crippen MR) is 61.9 cm³/mol. The number of aliphatic hydroxyl groups is 2. The average Bonchev–Trinajstić information content (AvgIpc) is 2.30. The molecule has 0 aliphatic rings. The van der Waals surface area contributed by atoms with Gasteiger partial charge in [-0.05, 0) is 24.6 Å². The van der Waals surface area contributed by atoms with E-state index in [0.29, 0.717) is 0 Å². The quantitative estimate of drug-likeness (QED) is 0.343. The molecule has 2 aromatic carbocycles. The SMILES string of the molecule is Cc1cc(N)cc2c(F)c(F)c(F)c(OC(O)(O)F)c12. The van der Waals surface area contributed by atoms with Crippen molar-refractivity contribution >= 4 is 16.5 Å². The maximum absolute atomic E-state index is 13.7. The van der Waals surface area contributed by atoms with Crippen LogP contribution in [-0.2, 0) is 0 Å².